The zero-order chi connectivity index (χ0) is 13.9. The molecule has 0 aromatic carbocycles. The normalized spacial score (nSPS) is 22.8. The lowest BCUT2D eigenvalue weighted by atomic mass is 10.1. The number of thiazole rings is 1. The highest BCUT2D eigenvalue weighted by atomic mass is 32.1. The minimum absolute atomic E-state index is 0.0970. The zero-order valence-electron chi connectivity index (χ0n) is 11.7. The largest absolute Gasteiger partial charge is 0.393 e. The minimum Gasteiger partial charge on any atom is -0.393 e. The molecular weight excluding hydrogens is 288 g/mol. The number of aromatic nitrogens is 1. The number of aliphatic hydroxyl groups is 1. The van der Waals surface area contributed by atoms with Gasteiger partial charge in [0.15, 0.2) is 0 Å². The Balaban J connectivity index is 1.57. The van der Waals surface area contributed by atoms with Crippen molar-refractivity contribution in [3.63, 3.8) is 0 Å². The van der Waals surface area contributed by atoms with Crippen LogP contribution in [-0.2, 0) is 6.54 Å². The molecular formula is C15H20N2OS2. The molecule has 20 heavy (non-hydrogen) atoms. The van der Waals surface area contributed by atoms with Crippen molar-refractivity contribution < 1.29 is 5.11 Å². The summed E-state index contributed by atoms with van der Waals surface area (Å²) in [4.78, 5) is 8.11. The fourth-order valence-corrected chi connectivity index (χ4v) is 4.57. The van der Waals surface area contributed by atoms with E-state index in [2.05, 4.69) is 33.8 Å². The highest BCUT2D eigenvalue weighted by molar-refractivity contribution is 7.15. The zero-order valence-corrected chi connectivity index (χ0v) is 13.3. The quantitative estimate of drug-likeness (QED) is 0.919. The van der Waals surface area contributed by atoms with Gasteiger partial charge in [0.2, 0.25) is 0 Å². The third kappa shape index (κ3) is 3.28. The molecule has 1 aliphatic carbocycles. The van der Waals surface area contributed by atoms with E-state index in [-0.39, 0.29) is 6.10 Å². The van der Waals surface area contributed by atoms with E-state index in [4.69, 9.17) is 0 Å². The molecule has 0 saturated heterocycles. The first kappa shape index (κ1) is 14.2. The SMILES string of the molecule is CN(Cc1cnc(-c2ccsc2)s1)CC1CCCC1O. The Labute approximate surface area is 127 Å². The van der Waals surface area contributed by atoms with Crippen LogP contribution >= 0.6 is 22.7 Å². The van der Waals surface area contributed by atoms with Gasteiger partial charge in [0.05, 0.1) is 6.10 Å². The van der Waals surface area contributed by atoms with Crippen LogP contribution in [-0.4, -0.2) is 34.7 Å². The van der Waals surface area contributed by atoms with E-state index in [1.807, 2.05) is 6.20 Å². The molecule has 0 bridgehead atoms. The summed E-state index contributed by atoms with van der Waals surface area (Å²) in [6, 6.07) is 2.12. The van der Waals surface area contributed by atoms with E-state index in [0.717, 1.165) is 30.9 Å². The van der Waals surface area contributed by atoms with E-state index in [0.29, 0.717) is 5.92 Å². The summed E-state index contributed by atoms with van der Waals surface area (Å²) in [6.07, 6.45) is 5.19. The van der Waals surface area contributed by atoms with Crippen molar-refractivity contribution in [3.05, 3.63) is 27.9 Å². The van der Waals surface area contributed by atoms with Gasteiger partial charge in [-0.1, -0.05) is 6.42 Å². The van der Waals surface area contributed by atoms with Gasteiger partial charge < -0.3 is 10.0 Å². The Morgan fingerprint density at radius 2 is 2.35 bits per heavy atom. The van der Waals surface area contributed by atoms with Gasteiger partial charge in [0.25, 0.3) is 0 Å². The number of aliphatic hydroxyl groups excluding tert-OH is 1. The minimum atomic E-state index is -0.0970. The molecule has 1 fully saturated rings. The number of hydrogen-bond donors (Lipinski definition) is 1. The first-order valence-corrected chi connectivity index (χ1v) is 8.82. The summed E-state index contributed by atoms with van der Waals surface area (Å²) in [5.74, 6) is 0.448. The van der Waals surface area contributed by atoms with Crippen molar-refractivity contribution in [1.82, 2.24) is 9.88 Å². The van der Waals surface area contributed by atoms with Crippen LogP contribution in [0.2, 0.25) is 0 Å². The van der Waals surface area contributed by atoms with Crippen LogP contribution in [0.3, 0.4) is 0 Å². The molecule has 1 aliphatic rings. The fraction of sp³-hybridized carbons (Fsp3) is 0.533. The molecule has 2 aromatic heterocycles. The lowest BCUT2D eigenvalue weighted by molar-refractivity contribution is 0.108. The molecule has 0 amide bonds. The maximum atomic E-state index is 9.90. The second-order valence-corrected chi connectivity index (χ2v) is 7.49. The molecule has 0 aliphatic heterocycles. The van der Waals surface area contributed by atoms with Crippen LogP contribution in [0, 0.1) is 5.92 Å². The first-order chi connectivity index (χ1) is 9.72. The summed E-state index contributed by atoms with van der Waals surface area (Å²) in [5.41, 5.74) is 1.22. The first-order valence-electron chi connectivity index (χ1n) is 7.06. The van der Waals surface area contributed by atoms with Crippen LogP contribution in [0.4, 0.5) is 0 Å². The lowest BCUT2D eigenvalue weighted by Crippen LogP contribution is -2.29. The molecule has 108 valence electrons. The monoisotopic (exact) mass is 308 g/mol. The van der Waals surface area contributed by atoms with Gasteiger partial charge in [0.1, 0.15) is 5.01 Å². The molecule has 3 rings (SSSR count). The highest BCUT2D eigenvalue weighted by Crippen LogP contribution is 2.29. The second-order valence-electron chi connectivity index (χ2n) is 5.60. The van der Waals surface area contributed by atoms with Crippen LogP contribution in [0.15, 0.2) is 23.0 Å². The summed E-state index contributed by atoms with van der Waals surface area (Å²) < 4.78 is 0. The summed E-state index contributed by atoms with van der Waals surface area (Å²) in [7, 11) is 2.13. The molecule has 2 aromatic rings. The molecule has 1 saturated carbocycles. The molecule has 2 unspecified atom stereocenters. The molecule has 5 heteroatoms. The van der Waals surface area contributed by atoms with Crippen LogP contribution < -0.4 is 0 Å². The number of hydrogen-bond acceptors (Lipinski definition) is 5. The van der Waals surface area contributed by atoms with Gasteiger partial charge in [-0.25, -0.2) is 4.98 Å². The van der Waals surface area contributed by atoms with Gasteiger partial charge in [-0.3, -0.25) is 0 Å². The summed E-state index contributed by atoms with van der Waals surface area (Å²) in [5, 5.41) is 15.2. The highest BCUT2D eigenvalue weighted by Gasteiger charge is 2.26. The Bertz CT molecular complexity index is 538. The molecule has 2 heterocycles. The third-order valence-electron chi connectivity index (χ3n) is 3.91. The van der Waals surface area contributed by atoms with E-state index in [1.54, 1.807) is 22.7 Å². The maximum Gasteiger partial charge on any atom is 0.124 e. The van der Waals surface area contributed by atoms with Crippen molar-refractivity contribution in [2.24, 2.45) is 5.92 Å². The molecule has 0 radical (unpaired) electrons. The second kappa shape index (κ2) is 6.35. The van der Waals surface area contributed by atoms with Crippen LogP contribution in [0.1, 0.15) is 24.1 Å². The molecule has 0 spiro atoms. The van der Waals surface area contributed by atoms with Crippen molar-refractivity contribution >= 4 is 22.7 Å². The van der Waals surface area contributed by atoms with Crippen molar-refractivity contribution in [2.45, 2.75) is 31.9 Å². The average Bonchev–Trinajstić information content (AvgIpc) is 3.12. The third-order valence-corrected chi connectivity index (χ3v) is 5.63. The van der Waals surface area contributed by atoms with Gasteiger partial charge in [-0.05, 0) is 37.3 Å². The molecule has 1 N–H and O–H groups in total. The Morgan fingerprint density at radius 3 is 3.05 bits per heavy atom. The van der Waals surface area contributed by atoms with E-state index in [9.17, 15) is 5.11 Å². The standard InChI is InChI=1S/C15H20N2OS2/c1-17(8-11-3-2-4-14(11)18)9-13-7-16-15(20-13)12-5-6-19-10-12/h5-7,10-11,14,18H,2-4,8-9H2,1H3. The van der Waals surface area contributed by atoms with Crippen LogP contribution in [0.25, 0.3) is 10.6 Å². The Hall–Kier alpha value is -0.750. The van der Waals surface area contributed by atoms with E-state index < -0.39 is 0 Å². The lowest BCUT2D eigenvalue weighted by Gasteiger charge is -2.22. The van der Waals surface area contributed by atoms with Gasteiger partial charge >= 0.3 is 0 Å². The number of thiophene rings is 1. The van der Waals surface area contributed by atoms with Crippen LogP contribution in [0.5, 0.6) is 0 Å². The van der Waals surface area contributed by atoms with E-state index >= 15 is 0 Å². The van der Waals surface area contributed by atoms with Gasteiger partial charge in [-0.15, -0.1) is 11.3 Å². The van der Waals surface area contributed by atoms with Gasteiger partial charge in [-0.2, -0.15) is 11.3 Å². The Kier molecular flexibility index (Phi) is 4.51. The topological polar surface area (TPSA) is 36.4 Å². The Morgan fingerprint density at radius 1 is 1.45 bits per heavy atom. The van der Waals surface area contributed by atoms with Gasteiger partial charge in [0, 0.05) is 35.1 Å². The summed E-state index contributed by atoms with van der Waals surface area (Å²) >= 11 is 3.48. The molecule has 3 nitrogen and oxygen atoms in total. The van der Waals surface area contributed by atoms with Crippen molar-refractivity contribution in [1.29, 1.82) is 0 Å². The average molecular weight is 308 g/mol. The fourth-order valence-electron chi connectivity index (χ4n) is 2.86. The van der Waals surface area contributed by atoms with Crippen molar-refractivity contribution in [2.75, 3.05) is 13.6 Å². The smallest absolute Gasteiger partial charge is 0.124 e. The van der Waals surface area contributed by atoms with Crippen molar-refractivity contribution in [3.8, 4) is 10.6 Å². The molecule has 2 atom stereocenters. The van der Waals surface area contributed by atoms with E-state index in [1.165, 1.54) is 16.9 Å². The predicted molar refractivity (Wildman–Crippen MR) is 85.1 cm³/mol. The predicted octanol–water partition coefficient (Wildman–Crippen LogP) is 3.46. The number of nitrogens with zero attached hydrogens (tertiary/aromatic N) is 2. The summed E-state index contributed by atoms with van der Waals surface area (Å²) in [6.45, 7) is 1.90. The maximum absolute atomic E-state index is 9.90. The number of rotatable bonds is 5.